The van der Waals surface area contributed by atoms with Crippen LogP contribution in [0.1, 0.15) is 23.4 Å². The monoisotopic (exact) mass is 314 g/mol. The predicted octanol–water partition coefficient (Wildman–Crippen LogP) is 1.64. The first kappa shape index (κ1) is 13.1. The maximum atomic E-state index is 11.7. The van der Waals surface area contributed by atoms with E-state index in [2.05, 4.69) is 21.2 Å². The smallest absolute Gasteiger partial charge is 0.287 e. The lowest BCUT2D eigenvalue weighted by molar-refractivity contribution is -0.129. The second-order valence-corrected chi connectivity index (χ2v) is 5.29. The Morgan fingerprint density at radius 2 is 2.22 bits per heavy atom. The number of carbonyl (C=O) groups is 2. The number of furan rings is 1. The maximum Gasteiger partial charge on any atom is 0.287 e. The molecule has 0 bridgehead atoms. The van der Waals surface area contributed by atoms with E-state index in [1.807, 2.05) is 0 Å². The fourth-order valence-corrected chi connectivity index (χ4v) is 1.91. The van der Waals surface area contributed by atoms with Crippen molar-refractivity contribution in [2.45, 2.75) is 12.8 Å². The van der Waals surface area contributed by atoms with Crippen LogP contribution in [0.15, 0.2) is 21.2 Å². The Morgan fingerprint density at radius 3 is 2.78 bits per heavy atom. The lowest BCUT2D eigenvalue weighted by Gasteiger charge is -2.16. The molecular weight excluding hydrogens is 300 g/mol. The van der Waals surface area contributed by atoms with Crippen LogP contribution in [0.25, 0.3) is 0 Å². The second kappa shape index (κ2) is 5.56. The lowest BCUT2D eigenvalue weighted by atomic mass is 10.3. The third-order valence-electron chi connectivity index (χ3n) is 2.85. The number of nitrogens with one attached hydrogen (secondary N) is 1. The molecule has 1 aliphatic carbocycles. The van der Waals surface area contributed by atoms with Crippen LogP contribution in [-0.4, -0.2) is 36.9 Å². The number of halogens is 1. The van der Waals surface area contributed by atoms with Crippen LogP contribution >= 0.6 is 15.9 Å². The Hall–Kier alpha value is -1.30. The molecule has 1 aliphatic rings. The summed E-state index contributed by atoms with van der Waals surface area (Å²) < 4.78 is 5.58. The van der Waals surface area contributed by atoms with Crippen molar-refractivity contribution in [3.05, 3.63) is 22.6 Å². The summed E-state index contributed by atoms with van der Waals surface area (Å²) in [6.07, 6.45) is 2.40. The SMILES string of the molecule is CN(CC1CC1)C(=O)CNC(=O)c1ccc(Br)o1. The van der Waals surface area contributed by atoms with Gasteiger partial charge in [-0.2, -0.15) is 0 Å². The van der Waals surface area contributed by atoms with Crippen LogP contribution < -0.4 is 5.32 Å². The molecule has 1 fully saturated rings. The number of rotatable bonds is 5. The van der Waals surface area contributed by atoms with Crippen molar-refractivity contribution in [1.29, 1.82) is 0 Å². The van der Waals surface area contributed by atoms with Crippen molar-refractivity contribution < 1.29 is 14.0 Å². The molecule has 0 atom stereocenters. The number of nitrogens with zero attached hydrogens (tertiary/aromatic N) is 1. The summed E-state index contributed by atoms with van der Waals surface area (Å²) in [5, 5.41) is 2.54. The van der Waals surface area contributed by atoms with Gasteiger partial charge in [0.2, 0.25) is 5.91 Å². The number of amides is 2. The van der Waals surface area contributed by atoms with Gasteiger partial charge >= 0.3 is 0 Å². The number of hydrogen-bond acceptors (Lipinski definition) is 3. The molecule has 18 heavy (non-hydrogen) atoms. The zero-order valence-corrected chi connectivity index (χ0v) is 11.7. The van der Waals surface area contributed by atoms with Gasteiger partial charge in [-0.25, -0.2) is 0 Å². The zero-order chi connectivity index (χ0) is 13.1. The molecule has 1 aromatic heterocycles. The zero-order valence-electron chi connectivity index (χ0n) is 10.1. The highest BCUT2D eigenvalue weighted by Gasteiger charge is 2.24. The highest BCUT2D eigenvalue weighted by atomic mass is 79.9. The van der Waals surface area contributed by atoms with Gasteiger partial charge in [0.15, 0.2) is 10.4 Å². The molecule has 2 amide bonds. The third-order valence-corrected chi connectivity index (χ3v) is 3.28. The van der Waals surface area contributed by atoms with Gasteiger partial charge in [0, 0.05) is 13.6 Å². The fourth-order valence-electron chi connectivity index (χ4n) is 1.60. The van der Waals surface area contributed by atoms with Crippen molar-refractivity contribution in [3.8, 4) is 0 Å². The Bertz CT molecular complexity index is 454. The van der Waals surface area contributed by atoms with Crippen LogP contribution in [-0.2, 0) is 4.79 Å². The Labute approximate surface area is 114 Å². The molecule has 1 N–H and O–H groups in total. The molecule has 6 heteroatoms. The largest absolute Gasteiger partial charge is 0.444 e. The second-order valence-electron chi connectivity index (χ2n) is 4.50. The first-order valence-corrected chi connectivity index (χ1v) is 6.63. The number of carbonyl (C=O) groups excluding carboxylic acids is 2. The molecular formula is C12H15BrN2O3. The summed E-state index contributed by atoms with van der Waals surface area (Å²) in [7, 11) is 1.76. The standard InChI is InChI=1S/C12H15BrN2O3/c1-15(7-8-2-3-8)11(16)6-14-12(17)9-4-5-10(13)18-9/h4-5,8H,2-3,6-7H2,1H3,(H,14,17). The van der Waals surface area contributed by atoms with Gasteiger partial charge in [-0.3, -0.25) is 9.59 Å². The van der Waals surface area contributed by atoms with Gasteiger partial charge in [-0.05, 0) is 46.8 Å². The van der Waals surface area contributed by atoms with Crippen molar-refractivity contribution in [3.63, 3.8) is 0 Å². The average Bonchev–Trinajstić information content (AvgIpc) is 3.04. The van der Waals surface area contributed by atoms with Gasteiger partial charge in [-0.1, -0.05) is 0 Å². The number of hydrogen-bond donors (Lipinski definition) is 1. The van der Waals surface area contributed by atoms with E-state index in [1.165, 1.54) is 12.8 Å². The maximum absolute atomic E-state index is 11.7. The molecule has 0 spiro atoms. The summed E-state index contributed by atoms with van der Waals surface area (Å²) in [5.41, 5.74) is 0. The van der Waals surface area contributed by atoms with Crippen molar-refractivity contribution >= 4 is 27.7 Å². The summed E-state index contributed by atoms with van der Waals surface area (Å²) >= 11 is 3.12. The molecule has 0 aliphatic heterocycles. The Balaban J connectivity index is 1.76. The Morgan fingerprint density at radius 1 is 1.50 bits per heavy atom. The van der Waals surface area contributed by atoms with Crippen molar-refractivity contribution in [2.75, 3.05) is 20.1 Å². The summed E-state index contributed by atoms with van der Waals surface area (Å²) in [4.78, 5) is 25.0. The van der Waals surface area contributed by atoms with Crippen LogP contribution in [0.5, 0.6) is 0 Å². The molecule has 0 unspecified atom stereocenters. The molecule has 5 nitrogen and oxygen atoms in total. The van der Waals surface area contributed by atoms with E-state index < -0.39 is 0 Å². The lowest BCUT2D eigenvalue weighted by Crippen LogP contribution is -2.38. The van der Waals surface area contributed by atoms with Crippen LogP contribution in [0.2, 0.25) is 0 Å². The minimum Gasteiger partial charge on any atom is -0.444 e. The first-order chi connectivity index (χ1) is 8.56. The molecule has 98 valence electrons. The van der Waals surface area contributed by atoms with Gasteiger partial charge < -0.3 is 14.6 Å². The summed E-state index contributed by atoms with van der Waals surface area (Å²) in [6, 6.07) is 3.19. The molecule has 1 heterocycles. The van der Waals surface area contributed by atoms with Gasteiger partial charge in [0.1, 0.15) is 0 Å². The van der Waals surface area contributed by atoms with E-state index >= 15 is 0 Å². The molecule has 2 rings (SSSR count). The Kier molecular flexibility index (Phi) is 4.06. The molecule has 1 aromatic rings. The van der Waals surface area contributed by atoms with E-state index in [9.17, 15) is 9.59 Å². The van der Waals surface area contributed by atoms with Crippen LogP contribution in [0.4, 0.5) is 0 Å². The van der Waals surface area contributed by atoms with Crippen LogP contribution in [0, 0.1) is 5.92 Å². The topological polar surface area (TPSA) is 62.6 Å². The van der Waals surface area contributed by atoms with E-state index in [0.717, 1.165) is 6.54 Å². The van der Waals surface area contributed by atoms with E-state index in [-0.39, 0.29) is 24.1 Å². The van der Waals surface area contributed by atoms with Gasteiger partial charge in [-0.15, -0.1) is 0 Å². The van der Waals surface area contributed by atoms with Gasteiger partial charge in [0.25, 0.3) is 5.91 Å². The van der Waals surface area contributed by atoms with E-state index in [0.29, 0.717) is 10.6 Å². The third kappa shape index (κ3) is 3.60. The summed E-state index contributed by atoms with van der Waals surface area (Å²) in [6.45, 7) is 0.779. The predicted molar refractivity (Wildman–Crippen MR) is 69.1 cm³/mol. The molecule has 1 saturated carbocycles. The average molecular weight is 315 g/mol. The molecule has 0 saturated heterocycles. The minimum absolute atomic E-state index is 0.000369. The van der Waals surface area contributed by atoms with E-state index in [1.54, 1.807) is 24.1 Å². The van der Waals surface area contributed by atoms with Crippen molar-refractivity contribution in [1.82, 2.24) is 10.2 Å². The summed E-state index contributed by atoms with van der Waals surface area (Å²) in [5.74, 6) is 0.380. The highest BCUT2D eigenvalue weighted by Crippen LogP contribution is 2.29. The van der Waals surface area contributed by atoms with E-state index in [4.69, 9.17) is 4.42 Å². The first-order valence-electron chi connectivity index (χ1n) is 5.84. The van der Waals surface area contributed by atoms with Crippen LogP contribution in [0.3, 0.4) is 0 Å². The molecule has 0 radical (unpaired) electrons. The molecule has 0 aromatic carbocycles. The van der Waals surface area contributed by atoms with Gasteiger partial charge in [0.05, 0.1) is 6.54 Å². The quantitative estimate of drug-likeness (QED) is 0.898. The highest BCUT2D eigenvalue weighted by molar-refractivity contribution is 9.10. The normalized spacial score (nSPS) is 14.3. The van der Waals surface area contributed by atoms with Crippen molar-refractivity contribution in [2.24, 2.45) is 5.92 Å². The fraction of sp³-hybridized carbons (Fsp3) is 0.500. The number of likely N-dealkylation sites (N-methyl/N-ethyl adjacent to an activating group) is 1. The minimum atomic E-state index is -0.381.